The Morgan fingerprint density at radius 3 is 2.69 bits per heavy atom. The molecule has 1 saturated heterocycles. The Labute approximate surface area is 220 Å². The van der Waals surface area contributed by atoms with Crippen molar-refractivity contribution in [2.24, 2.45) is 5.92 Å². The zero-order chi connectivity index (χ0) is 24.9. The van der Waals surface area contributed by atoms with Crippen LogP contribution in [-0.2, 0) is 14.8 Å². The molecule has 1 N–H and O–H groups in total. The molecule has 1 aliphatic rings. The molecule has 8 nitrogen and oxygen atoms in total. The molecule has 1 aliphatic heterocycles. The van der Waals surface area contributed by atoms with Crippen molar-refractivity contribution in [3.63, 3.8) is 0 Å². The van der Waals surface area contributed by atoms with Crippen molar-refractivity contribution in [2.75, 3.05) is 18.4 Å². The van der Waals surface area contributed by atoms with Crippen LogP contribution in [-0.4, -0.2) is 46.5 Å². The summed E-state index contributed by atoms with van der Waals surface area (Å²) in [6.45, 7) is 4.27. The topological polar surface area (TPSA) is 97.2 Å². The lowest BCUT2D eigenvalue weighted by atomic mass is 9.99. The highest BCUT2D eigenvalue weighted by Crippen LogP contribution is 2.35. The van der Waals surface area contributed by atoms with Crippen molar-refractivity contribution in [2.45, 2.75) is 30.9 Å². The Hall–Kier alpha value is -2.02. The fraction of sp³-hybridized carbons (Fsp3) is 0.318. The number of thiazole rings is 1. The zero-order valence-corrected chi connectivity index (χ0v) is 22.7. The molecule has 0 bridgehead atoms. The zero-order valence-electron chi connectivity index (χ0n) is 18.8. The van der Waals surface area contributed by atoms with Crippen molar-refractivity contribution in [3.8, 4) is 5.13 Å². The number of hydrogen-bond donors (Lipinski definition) is 1. The molecule has 1 fully saturated rings. The number of sulfonamides is 1. The normalized spacial score (nSPS) is 17.2. The summed E-state index contributed by atoms with van der Waals surface area (Å²) in [6, 6.07) is 8.58. The predicted molar refractivity (Wildman–Crippen MR) is 141 cm³/mol. The fourth-order valence-electron chi connectivity index (χ4n) is 4.08. The van der Waals surface area contributed by atoms with Gasteiger partial charge in [-0.3, -0.25) is 4.79 Å². The molecule has 0 radical (unpaired) electrons. The first-order valence-electron chi connectivity index (χ1n) is 10.8. The lowest BCUT2D eigenvalue weighted by Crippen LogP contribution is -2.43. The second-order valence-electron chi connectivity index (χ2n) is 8.37. The molecule has 0 aliphatic carbocycles. The van der Waals surface area contributed by atoms with Crippen LogP contribution >= 0.6 is 45.9 Å². The fourth-order valence-corrected chi connectivity index (χ4v) is 8.53. The van der Waals surface area contributed by atoms with Gasteiger partial charge in [-0.2, -0.15) is 14.1 Å². The highest BCUT2D eigenvalue weighted by molar-refractivity contribution is 7.91. The second kappa shape index (κ2) is 9.45. The number of amides is 1. The minimum atomic E-state index is -3.70. The van der Waals surface area contributed by atoms with Gasteiger partial charge in [0, 0.05) is 19.2 Å². The molecule has 13 heteroatoms. The molecule has 0 saturated carbocycles. The van der Waals surface area contributed by atoms with Gasteiger partial charge in [0.1, 0.15) is 10.0 Å². The summed E-state index contributed by atoms with van der Waals surface area (Å²) in [6.07, 6.45) is 1.18. The third-order valence-corrected chi connectivity index (χ3v) is 10.9. The van der Waals surface area contributed by atoms with Crippen molar-refractivity contribution in [3.05, 3.63) is 50.9 Å². The average molecular weight is 571 g/mol. The molecule has 5 rings (SSSR count). The highest BCUT2D eigenvalue weighted by Gasteiger charge is 2.34. The average Bonchev–Trinajstić information content (AvgIpc) is 3.55. The number of anilines is 1. The number of fused-ring (bicyclic) bond motifs is 1. The first-order chi connectivity index (χ1) is 16.6. The minimum absolute atomic E-state index is 0.104. The van der Waals surface area contributed by atoms with E-state index in [9.17, 15) is 13.2 Å². The van der Waals surface area contributed by atoms with E-state index in [0.29, 0.717) is 45.4 Å². The number of carbonyl (C=O) groups is 1. The van der Waals surface area contributed by atoms with Gasteiger partial charge in [0.25, 0.3) is 10.0 Å². The number of benzene rings is 1. The van der Waals surface area contributed by atoms with Crippen LogP contribution < -0.4 is 5.32 Å². The predicted octanol–water partition coefficient (Wildman–Crippen LogP) is 5.51. The summed E-state index contributed by atoms with van der Waals surface area (Å²) in [4.78, 5) is 17.9. The maximum absolute atomic E-state index is 13.2. The number of aromatic nitrogens is 3. The molecule has 3 aromatic heterocycles. The first-order valence-corrected chi connectivity index (χ1v) is 14.7. The van der Waals surface area contributed by atoms with Crippen LogP contribution in [0.3, 0.4) is 0 Å². The smallest absolute Gasteiger partial charge is 0.252 e. The van der Waals surface area contributed by atoms with Crippen molar-refractivity contribution in [1.82, 2.24) is 19.1 Å². The monoisotopic (exact) mass is 569 g/mol. The summed E-state index contributed by atoms with van der Waals surface area (Å²) < 4.78 is 30.5. The first kappa shape index (κ1) is 24.7. The van der Waals surface area contributed by atoms with Crippen LogP contribution in [0.25, 0.3) is 15.3 Å². The van der Waals surface area contributed by atoms with Gasteiger partial charge in [-0.15, -0.1) is 11.3 Å². The Morgan fingerprint density at radius 1 is 1.17 bits per heavy atom. The van der Waals surface area contributed by atoms with Gasteiger partial charge in [-0.05, 0) is 50.5 Å². The maximum Gasteiger partial charge on any atom is 0.252 e. The summed E-state index contributed by atoms with van der Waals surface area (Å²) in [5, 5.41) is 8.66. The second-order valence-corrected chi connectivity index (χ2v) is 13.6. The molecule has 35 heavy (non-hydrogen) atoms. The Balaban J connectivity index is 1.38. The number of thiophene rings is 1. The third kappa shape index (κ3) is 4.73. The summed E-state index contributed by atoms with van der Waals surface area (Å²) in [5.41, 5.74) is 2.51. The minimum Gasteiger partial charge on any atom is -0.310 e. The summed E-state index contributed by atoms with van der Waals surface area (Å²) in [7, 11) is -3.70. The van der Waals surface area contributed by atoms with Gasteiger partial charge < -0.3 is 5.32 Å². The molecule has 4 aromatic rings. The maximum atomic E-state index is 13.2. The highest BCUT2D eigenvalue weighted by atomic mass is 35.5. The van der Waals surface area contributed by atoms with Gasteiger partial charge in [-0.25, -0.2) is 13.4 Å². The number of halogens is 2. The molecule has 4 heterocycles. The van der Waals surface area contributed by atoms with Gasteiger partial charge in [0.15, 0.2) is 0 Å². The van der Waals surface area contributed by atoms with Crippen molar-refractivity contribution < 1.29 is 13.2 Å². The molecular formula is C22H21Cl2N5O3S3. The quantitative estimate of drug-likeness (QED) is 0.342. The largest absolute Gasteiger partial charge is 0.310 e. The van der Waals surface area contributed by atoms with Crippen LogP contribution in [0, 0.1) is 19.8 Å². The third-order valence-electron chi connectivity index (χ3n) is 5.85. The van der Waals surface area contributed by atoms with Crippen LogP contribution in [0.1, 0.15) is 24.1 Å². The van der Waals surface area contributed by atoms with E-state index in [1.54, 1.807) is 16.8 Å². The van der Waals surface area contributed by atoms with E-state index < -0.39 is 15.9 Å². The number of piperidine rings is 1. The molecule has 1 atom stereocenters. The molecule has 1 amide bonds. The van der Waals surface area contributed by atoms with E-state index in [1.165, 1.54) is 21.7 Å². The molecule has 1 aromatic carbocycles. The molecule has 1 unspecified atom stereocenters. The van der Waals surface area contributed by atoms with E-state index in [-0.39, 0.29) is 16.7 Å². The summed E-state index contributed by atoms with van der Waals surface area (Å²) in [5.74, 6) is -0.277. The molecule has 0 spiro atoms. The van der Waals surface area contributed by atoms with Gasteiger partial charge in [-0.1, -0.05) is 40.6 Å². The Morgan fingerprint density at radius 2 is 1.97 bits per heavy atom. The number of nitrogens with zero attached hydrogens (tertiary/aromatic N) is 4. The lowest BCUT2D eigenvalue weighted by Gasteiger charge is -2.30. The van der Waals surface area contributed by atoms with Crippen molar-refractivity contribution in [1.29, 1.82) is 0 Å². The van der Waals surface area contributed by atoms with Gasteiger partial charge >= 0.3 is 0 Å². The lowest BCUT2D eigenvalue weighted by molar-refractivity contribution is -0.120. The standard InChI is InChI=1S/C22H21Cl2N5O3S3/c1-12-5-6-15(23)20-19(12)26-22(34-20)29-17(10-13(2)27-29)25-21(30)14-4-3-9-28(11-14)35(31,32)18-8-7-16(24)33-18/h5-8,10,14H,3-4,9,11H2,1-2H3,(H,25,30). The van der Waals surface area contributed by atoms with Crippen LogP contribution in [0.15, 0.2) is 34.5 Å². The van der Waals surface area contributed by atoms with Crippen LogP contribution in [0.2, 0.25) is 9.36 Å². The van der Waals surface area contributed by atoms with Gasteiger partial charge in [0.05, 0.1) is 31.2 Å². The summed E-state index contributed by atoms with van der Waals surface area (Å²) >= 11 is 14.7. The number of aryl methyl sites for hydroxylation is 2. The SMILES string of the molecule is Cc1cc(NC(=O)C2CCCN(S(=O)(=O)c3ccc(Cl)s3)C2)n(-c2nc3c(C)ccc(Cl)c3s2)n1. The number of nitrogens with one attached hydrogen (secondary N) is 1. The Bertz CT molecular complexity index is 1500. The molecular weight excluding hydrogens is 549 g/mol. The van der Waals surface area contributed by atoms with Crippen LogP contribution in [0.5, 0.6) is 0 Å². The van der Waals surface area contributed by atoms with E-state index >= 15 is 0 Å². The van der Waals surface area contributed by atoms with E-state index in [0.717, 1.165) is 27.1 Å². The van der Waals surface area contributed by atoms with E-state index in [2.05, 4.69) is 10.4 Å². The number of carbonyl (C=O) groups excluding carboxylic acids is 1. The van der Waals surface area contributed by atoms with E-state index in [1.807, 2.05) is 26.0 Å². The van der Waals surface area contributed by atoms with Crippen LogP contribution in [0.4, 0.5) is 5.82 Å². The Kier molecular flexibility index (Phi) is 6.66. The number of rotatable bonds is 5. The van der Waals surface area contributed by atoms with E-state index in [4.69, 9.17) is 28.2 Å². The molecule has 184 valence electrons. The van der Waals surface area contributed by atoms with Gasteiger partial charge in [0.2, 0.25) is 11.0 Å². The van der Waals surface area contributed by atoms with Crippen molar-refractivity contribution >= 4 is 77.8 Å². The number of hydrogen-bond acceptors (Lipinski definition) is 7.